The van der Waals surface area contributed by atoms with Crippen LogP contribution >= 0.6 is 0 Å². The van der Waals surface area contributed by atoms with Gasteiger partial charge in [-0.05, 0) is 30.2 Å². The molecule has 10 heteroatoms. The molecule has 0 unspecified atom stereocenters. The average Bonchev–Trinajstić information content (AvgIpc) is 2.67. The number of piperazine rings is 1. The molecule has 1 fully saturated rings. The number of aryl methyl sites for hydroxylation is 1. The van der Waals surface area contributed by atoms with Crippen LogP contribution < -0.4 is 20.3 Å². The highest BCUT2D eigenvalue weighted by atomic mass is 19.4. The van der Waals surface area contributed by atoms with Gasteiger partial charge in [0.25, 0.3) is 0 Å². The van der Waals surface area contributed by atoms with E-state index in [1.54, 1.807) is 18.2 Å². The quantitative estimate of drug-likeness (QED) is 0.768. The van der Waals surface area contributed by atoms with Gasteiger partial charge in [0.05, 0.1) is 18.4 Å². The maximum atomic E-state index is 12.5. The summed E-state index contributed by atoms with van der Waals surface area (Å²) in [6.45, 7) is 1.40. The van der Waals surface area contributed by atoms with Gasteiger partial charge in [-0.1, -0.05) is 18.2 Å². The lowest BCUT2D eigenvalue weighted by Gasteiger charge is -2.27. The summed E-state index contributed by atoms with van der Waals surface area (Å²) in [4.78, 5) is 29.7. The number of pyridine rings is 1. The molecule has 0 saturated carbocycles. The molecule has 154 valence electrons. The number of alkyl halides is 3. The van der Waals surface area contributed by atoms with Gasteiger partial charge in [-0.3, -0.25) is 9.59 Å². The molecule has 1 aromatic carbocycles. The monoisotopic (exact) mass is 408 g/mol. The predicted molar refractivity (Wildman–Crippen MR) is 99.5 cm³/mol. The molecule has 0 bridgehead atoms. The standard InChI is InChI=1S/C19H19F3N4O3/c20-19(21,22)29-15-4-2-1-3-13(15)5-8-17(27)25-14-6-7-16(24-11-14)26-10-9-23-18(28)12-26/h1-4,6-7,11H,5,8-10,12H2,(H,23,28)(H,25,27). The van der Waals surface area contributed by atoms with Crippen molar-refractivity contribution in [3.63, 3.8) is 0 Å². The minimum atomic E-state index is -4.79. The van der Waals surface area contributed by atoms with Crippen LogP contribution in [0.25, 0.3) is 0 Å². The van der Waals surface area contributed by atoms with Crippen molar-refractivity contribution in [1.82, 2.24) is 10.3 Å². The van der Waals surface area contributed by atoms with Crippen molar-refractivity contribution < 1.29 is 27.5 Å². The summed E-state index contributed by atoms with van der Waals surface area (Å²) in [5.41, 5.74) is 0.747. The number of halogens is 3. The molecule has 2 aromatic rings. The van der Waals surface area contributed by atoms with E-state index in [0.29, 0.717) is 24.6 Å². The Hall–Kier alpha value is -3.30. The highest BCUT2D eigenvalue weighted by Crippen LogP contribution is 2.27. The van der Waals surface area contributed by atoms with E-state index in [1.165, 1.54) is 24.4 Å². The van der Waals surface area contributed by atoms with Gasteiger partial charge < -0.3 is 20.3 Å². The van der Waals surface area contributed by atoms with E-state index in [4.69, 9.17) is 0 Å². The number of ether oxygens (including phenoxy) is 1. The molecule has 0 atom stereocenters. The third-order valence-electron chi connectivity index (χ3n) is 4.21. The third-order valence-corrected chi connectivity index (χ3v) is 4.21. The second-order valence-electron chi connectivity index (χ2n) is 6.38. The van der Waals surface area contributed by atoms with Crippen molar-refractivity contribution in [2.24, 2.45) is 0 Å². The molecule has 0 spiro atoms. The maximum Gasteiger partial charge on any atom is 0.573 e. The summed E-state index contributed by atoms with van der Waals surface area (Å²) in [6, 6.07) is 9.07. The number of nitrogens with one attached hydrogen (secondary N) is 2. The number of anilines is 2. The Bertz CT molecular complexity index is 872. The van der Waals surface area contributed by atoms with E-state index in [-0.39, 0.29) is 42.5 Å². The van der Waals surface area contributed by atoms with Gasteiger partial charge in [0.15, 0.2) is 0 Å². The highest BCUT2D eigenvalue weighted by molar-refractivity contribution is 5.90. The Morgan fingerprint density at radius 2 is 2.03 bits per heavy atom. The average molecular weight is 408 g/mol. The van der Waals surface area contributed by atoms with Crippen molar-refractivity contribution in [1.29, 1.82) is 0 Å². The van der Waals surface area contributed by atoms with Gasteiger partial charge >= 0.3 is 6.36 Å². The second-order valence-corrected chi connectivity index (χ2v) is 6.38. The normalized spacial score (nSPS) is 14.3. The first-order chi connectivity index (χ1) is 13.8. The summed E-state index contributed by atoms with van der Waals surface area (Å²) in [7, 11) is 0. The molecule has 2 heterocycles. The smallest absolute Gasteiger partial charge is 0.406 e. The summed E-state index contributed by atoms with van der Waals surface area (Å²) in [5, 5.41) is 5.38. The van der Waals surface area contributed by atoms with Crippen LogP contribution in [0.2, 0.25) is 0 Å². The Morgan fingerprint density at radius 1 is 1.24 bits per heavy atom. The van der Waals surface area contributed by atoms with Crippen molar-refractivity contribution in [3.05, 3.63) is 48.2 Å². The van der Waals surface area contributed by atoms with Gasteiger partial charge in [-0.25, -0.2) is 4.98 Å². The van der Waals surface area contributed by atoms with Crippen LogP contribution in [0.1, 0.15) is 12.0 Å². The number of amides is 2. The molecular formula is C19H19F3N4O3. The Kier molecular flexibility index (Phi) is 6.20. The van der Waals surface area contributed by atoms with Gasteiger partial charge in [0, 0.05) is 19.5 Å². The first-order valence-electron chi connectivity index (χ1n) is 8.91. The number of nitrogens with zero attached hydrogens (tertiary/aromatic N) is 2. The van der Waals surface area contributed by atoms with E-state index in [0.717, 1.165) is 0 Å². The van der Waals surface area contributed by atoms with E-state index in [2.05, 4.69) is 20.4 Å². The Labute approximate surface area is 164 Å². The fourth-order valence-corrected chi connectivity index (χ4v) is 2.89. The maximum absolute atomic E-state index is 12.5. The SMILES string of the molecule is O=C1CN(c2ccc(NC(=O)CCc3ccccc3OC(F)(F)F)cn2)CCN1. The second kappa shape index (κ2) is 8.80. The van der Waals surface area contributed by atoms with Crippen LogP contribution in [0.4, 0.5) is 24.7 Å². The fraction of sp³-hybridized carbons (Fsp3) is 0.316. The lowest BCUT2D eigenvalue weighted by molar-refractivity contribution is -0.274. The summed E-state index contributed by atoms with van der Waals surface area (Å²) < 4.78 is 41.4. The summed E-state index contributed by atoms with van der Waals surface area (Å²) in [5.74, 6) is -0.135. The Morgan fingerprint density at radius 3 is 2.72 bits per heavy atom. The molecule has 29 heavy (non-hydrogen) atoms. The van der Waals surface area contributed by atoms with Crippen LogP contribution in [-0.4, -0.2) is 42.8 Å². The van der Waals surface area contributed by atoms with Crippen LogP contribution in [0, 0.1) is 0 Å². The van der Waals surface area contributed by atoms with E-state index in [9.17, 15) is 22.8 Å². The van der Waals surface area contributed by atoms with Crippen LogP contribution in [0.3, 0.4) is 0 Å². The number of carbonyl (C=O) groups is 2. The van der Waals surface area contributed by atoms with Crippen LogP contribution in [-0.2, 0) is 16.0 Å². The van der Waals surface area contributed by atoms with E-state index >= 15 is 0 Å². The van der Waals surface area contributed by atoms with Crippen molar-refractivity contribution in [2.45, 2.75) is 19.2 Å². The van der Waals surface area contributed by atoms with Gasteiger partial charge in [0.1, 0.15) is 11.6 Å². The Balaban J connectivity index is 1.54. The molecule has 0 aliphatic carbocycles. The van der Waals surface area contributed by atoms with Crippen molar-refractivity contribution >= 4 is 23.3 Å². The molecular weight excluding hydrogens is 389 g/mol. The molecule has 1 saturated heterocycles. The van der Waals surface area contributed by atoms with Crippen LogP contribution in [0.15, 0.2) is 42.6 Å². The van der Waals surface area contributed by atoms with Gasteiger partial charge in [-0.15, -0.1) is 13.2 Å². The van der Waals surface area contributed by atoms with Gasteiger partial charge in [-0.2, -0.15) is 0 Å². The first-order valence-corrected chi connectivity index (χ1v) is 8.91. The number of benzene rings is 1. The number of hydrogen-bond acceptors (Lipinski definition) is 5. The molecule has 1 aromatic heterocycles. The van der Waals surface area contributed by atoms with E-state index in [1.807, 2.05) is 4.90 Å². The summed E-state index contributed by atoms with van der Waals surface area (Å²) in [6.07, 6.45) is -3.25. The molecule has 0 radical (unpaired) electrons. The van der Waals surface area contributed by atoms with E-state index < -0.39 is 6.36 Å². The lowest BCUT2D eigenvalue weighted by Crippen LogP contribution is -2.48. The molecule has 2 amide bonds. The molecule has 1 aliphatic heterocycles. The molecule has 3 rings (SSSR count). The van der Waals surface area contributed by atoms with Gasteiger partial charge in [0.2, 0.25) is 11.8 Å². The number of hydrogen-bond donors (Lipinski definition) is 2. The number of para-hydroxylation sites is 1. The zero-order chi connectivity index (χ0) is 20.9. The predicted octanol–water partition coefficient (Wildman–Crippen LogP) is 2.49. The third kappa shape index (κ3) is 6.09. The minimum Gasteiger partial charge on any atom is -0.406 e. The number of carbonyl (C=O) groups excluding carboxylic acids is 2. The zero-order valence-electron chi connectivity index (χ0n) is 15.3. The highest BCUT2D eigenvalue weighted by Gasteiger charge is 2.32. The van der Waals surface area contributed by atoms with Crippen molar-refractivity contribution in [3.8, 4) is 5.75 Å². The zero-order valence-corrected chi connectivity index (χ0v) is 15.3. The number of rotatable bonds is 6. The van der Waals surface area contributed by atoms with Crippen molar-refractivity contribution in [2.75, 3.05) is 29.9 Å². The molecule has 1 aliphatic rings. The molecule has 7 nitrogen and oxygen atoms in total. The topological polar surface area (TPSA) is 83.6 Å². The van der Waals surface area contributed by atoms with Crippen LogP contribution in [0.5, 0.6) is 5.75 Å². The largest absolute Gasteiger partial charge is 0.573 e. The number of aromatic nitrogens is 1. The molecule has 2 N–H and O–H groups in total. The fourth-order valence-electron chi connectivity index (χ4n) is 2.89. The summed E-state index contributed by atoms with van der Waals surface area (Å²) >= 11 is 0. The lowest BCUT2D eigenvalue weighted by atomic mass is 10.1. The first kappa shape index (κ1) is 20.4. The minimum absolute atomic E-state index is 0.0215.